The van der Waals surface area contributed by atoms with Gasteiger partial charge >= 0.3 is 11.8 Å². The Morgan fingerprint density at radius 3 is 2.53 bits per heavy atom. The number of para-hydroxylation sites is 1. The van der Waals surface area contributed by atoms with Crippen molar-refractivity contribution >= 4 is 21.6 Å². The third kappa shape index (κ3) is 4.20. The number of hydrogen-bond acceptors (Lipinski definition) is 6. The number of sulfonamides is 1. The molecule has 156 valence electrons. The summed E-state index contributed by atoms with van der Waals surface area (Å²) in [5.41, 5.74) is 1.50. The average Bonchev–Trinajstić information content (AvgIpc) is 3.25. The Balaban J connectivity index is 1.60. The van der Waals surface area contributed by atoms with E-state index in [4.69, 9.17) is 4.52 Å². The van der Waals surface area contributed by atoms with E-state index in [9.17, 15) is 13.2 Å². The van der Waals surface area contributed by atoms with E-state index in [0.717, 1.165) is 19.3 Å². The normalized spacial score (nSPS) is 14.5. The number of piperidine rings is 1. The summed E-state index contributed by atoms with van der Waals surface area (Å²) in [5, 5.41) is 3.89. The van der Waals surface area contributed by atoms with Crippen molar-refractivity contribution in [2.45, 2.75) is 31.1 Å². The standard InChI is InChI=1S/C21H22N4O4S/c1-15-10-11-16(14-18(15)30(27,28)24-17-8-4-2-5-9-17)19-22-20(29-23-19)21(26)25-12-6-3-7-13-25/h2,4-5,8-11,14,24H,3,6-7,12-13H2,1H3. The molecule has 3 aromatic rings. The number of carbonyl (C=O) groups excluding carboxylic acids is 1. The molecule has 30 heavy (non-hydrogen) atoms. The quantitative estimate of drug-likeness (QED) is 0.670. The van der Waals surface area contributed by atoms with E-state index >= 15 is 0 Å². The predicted molar refractivity (Wildman–Crippen MR) is 111 cm³/mol. The molecular weight excluding hydrogens is 404 g/mol. The fourth-order valence-corrected chi connectivity index (χ4v) is 4.74. The fourth-order valence-electron chi connectivity index (χ4n) is 3.40. The second kappa shape index (κ2) is 8.27. The number of amides is 1. The first-order chi connectivity index (χ1) is 14.4. The minimum Gasteiger partial charge on any atom is -0.334 e. The van der Waals surface area contributed by atoms with E-state index in [1.165, 1.54) is 6.07 Å². The van der Waals surface area contributed by atoms with Crippen molar-refractivity contribution in [1.82, 2.24) is 15.0 Å². The molecule has 1 N–H and O–H groups in total. The van der Waals surface area contributed by atoms with Gasteiger partial charge in [-0.25, -0.2) is 8.42 Å². The molecule has 0 saturated carbocycles. The Hall–Kier alpha value is -3.20. The number of rotatable bonds is 5. The number of nitrogens with zero attached hydrogens (tertiary/aromatic N) is 3. The summed E-state index contributed by atoms with van der Waals surface area (Å²) in [6.45, 7) is 3.06. The maximum absolute atomic E-state index is 12.9. The lowest BCUT2D eigenvalue weighted by molar-refractivity contribution is 0.0674. The van der Waals surface area contributed by atoms with Gasteiger partial charge in [0.25, 0.3) is 10.0 Å². The van der Waals surface area contributed by atoms with Gasteiger partial charge in [-0.2, -0.15) is 4.98 Å². The highest BCUT2D eigenvalue weighted by atomic mass is 32.2. The largest absolute Gasteiger partial charge is 0.334 e. The van der Waals surface area contributed by atoms with E-state index in [1.54, 1.807) is 48.2 Å². The van der Waals surface area contributed by atoms with Crippen molar-refractivity contribution in [3.63, 3.8) is 0 Å². The van der Waals surface area contributed by atoms with Gasteiger partial charge in [0.2, 0.25) is 5.82 Å². The van der Waals surface area contributed by atoms with Gasteiger partial charge in [-0.05, 0) is 49.9 Å². The summed E-state index contributed by atoms with van der Waals surface area (Å²) in [6.07, 6.45) is 3.02. The molecule has 2 heterocycles. The van der Waals surface area contributed by atoms with Gasteiger partial charge in [-0.3, -0.25) is 9.52 Å². The van der Waals surface area contributed by atoms with Crippen LogP contribution in [-0.4, -0.2) is 42.5 Å². The molecule has 1 aliphatic rings. The van der Waals surface area contributed by atoms with E-state index < -0.39 is 10.0 Å². The maximum Gasteiger partial charge on any atom is 0.316 e. The second-order valence-corrected chi connectivity index (χ2v) is 8.88. The van der Waals surface area contributed by atoms with Crippen molar-refractivity contribution in [2.75, 3.05) is 17.8 Å². The molecule has 8 nitrogen and oxygen atoms in total. The third-order valence-corrected chi connectivity index (χ3v) is 6.54. The van der Waals surface area contributed by atoms with Crippen LogP contribution in [0.2, 0.25) is 0 Å². The summed E-state index contributed by atoms with van der Waals surface area (Å²) in [4.78, 5) is 18.6. The van der Waals surface area contributed by atoms with Gasteiger partial charge in [0, 0.05) is 24.3 Å². The molecule has 0 unspecified atom stereocenters. The second-order valence-electron chi connectivity index (χ2n) is 7.23. The lowest BCUT2D eigenvalue weighted by atomic mass is 10.1. The van der Waals surface area contributed by atoms with Crippen LogP contribution in [0.5, 0.6) is 0 Å². The van der Waals surface area contributed by atoms with Crippen molar-refractivity contribution in [3.05, 3.63) is 60.0 Å². The number of hydrogen-bond donors (Lipinski definition) is 1. The first-order valence-electron chi connectivity index (χ1n) is 9.76. The molecule has 1 aliphatic heterocycles. The minimum atomic E-state index is -3.81. The van der Waals surface area contributed by atoms with E-state index in [0.29, 0.717) is 29.9 Å². The molecular formula is C21H22N4O4S. The SMILES string of the molecule is Cc1ccc(-c2noc(C(=O)N3CCCCC3)n2)cc1S(=O)(=O)Nc1ccccc1. The van der Waals surface area contributed by atoms with Crippen LogP contribution in [0.1, 0.15) is 35.5 Å². The zero-order chi connectivity index (χ0) is 21.1. The molecule has 0 spiro atoms. The number of aromatic nitrogens is 2. The lowest BCUT2D eigenvalue weighted by Crippen LogP contribution is -2.35. The van der Waals surface area contributed by atoms with Crippen LogP contribution in [0.25, 0.3) is 11.4 Å². The molecule has 4 rings (SSSR count). The monoisotopic (exact) mass is 426 g/mol. The van der Waals surface area contributed by atoms with Gasteiger partial charge in [0.05, 0.1) is 4.90 Å². The Morgan fingerprint density at radius 2 is 1.80 bits per heavy atom. The summed E-state index contributed by atoms with van der Waals surface area (Å²) < 4.78 is 33.5. The van der Waals surface area contributed by atoms with Crippen LogP contribution in [0.4, 0.5) is 5.69 Å². The number of aryl methyl sites for hydroxylation is 1. The first-order valence-corrected chi connectivity index (χ1v) is 11.2. The minimum absolute atomic E-state index is 0.0840. The highest BCUT2D eigenvalue weighted by Gasteiger charge is 2.25. The topological polar surface area (TPSA) is 105 Å². The van der Waals surface area contributed by atoms with Gasteiger partial charge in [-0.1, -0.05) is 35.5 Å². The van der Waals surface area contributed by atoms with Gasteiger partial charge in [-0.15, -0.1) is 0 Å². The average molecular weight is 426 g/mol. The van der Waals surface area contributed by atoms with Crippen LogP contribution < -0.4 is 4.72 Å². The molecule has 0 bridgehead atoms. The van der Waals surface area contributed by atoms with Gasteiger partial charge < -0.3 is 9.42 Å². The maximum atomic E-state index is 12.9. The van der Waals surface area contributed by atoms with Gasteiger partial charge in [0.1, 0.15) is 0 Å². The molecule has 2 aromatic carbocycles. The van der Waals surface area contributed by atoms with Crippen molar-refractivity contribution in [3.8, 4) is 11.4 Å². The number of carbonyl (C=O) groups is 1. The Kier molecular flexibility index (Phi) is 5.54. The van der Waals surface area contributed by atoms with Crippen molar-refractivity contribution in [1.29, 1.82) is 0 Å². The number of likely N-dealkylation sites (tertiary alicyclic amines) is 1. The van der Waals surface area contributed by atoms with Crippen LogP contribution in [-0.2, 0) is 10.0 Å². The molecule has 1 amide bonds. The molecule has 1 aromatic heterocycles. The van der Waals surface area contributed by atoms with Crippen LogP contribution >= 0.6 is 0 Å². The third-order valence-electron chi connectivity index (χ3n) is 5.01. The van der Waals surface area contributed by atoms with Crippen molar-refractivity contribution < 1.29 is 17.7 Å². The molecule has 0 aliphatic carbocycles. The number of nitrogens with one attached hydrogen (secondary N) is 1. The van der Waals surface area contributed by atoms with E-state index in [-0.39, 0.29) is 22.5 Å². The zero-order valence-electron chi connectivity index (χ0n) is 16.5. The Bertz CT molecular complexity index is 1150. The number of benzene rings is 2. The lowest BCUT2D eigenvalue weighted by Gasteiger charge is -2.24. The van der Waals surface area contributed by atoms with Crippen LogP contribution in [0.15, 0.2) is 57.9 Å². The summed E-state index contributed by atoms with van der Waals surface area (Å²) >= 11 is 0. The smallest absolute Gasteiger partial charge is 0.316 e. The highest BCUT2D eigenvalue weighted by molar-refractivity contribution is 7.92. The van der Waals surface area contributed by atoms with E-state index in [2.05, 4.69) is 14.9 Å². The molecule has 1 saturated heterocycles. The Morgan fingerprint density at radius 1 is 1.07 bits per heavy atom. The molecule has 0 radical (unpaired) electrons. The van der Waals surface area contributed by atoms with Crippen molar-refractivity contribution in [2.24, 2.45) is 0 Å². The predicted octanol–water partition coefficient (Wildman–Crippen LogP) is 3.47. The fraction of sp³-hybridized carbons (Fsp3) is 0.286. The number of anilines is 1. The Labute approximate surface area is 175 Å². The first kappa shape index (κ1) is 20.1. The summed E-state index contributed by atoms with van der Waals surface area (Å²) in [6, 6.07) is 13.5. The van der Waals surface area contributed by atoms with Crippen LogP contribution in [0, 0.1) is 6.92 Å². The van der Waals surface area contributed by atoms with Crippen LogP contribution in [0.3, 0.4) is 0 Å². The van der Waals surface area contributed by atoms with Gasteiger partial charge in [0.15, 0.2) is 0 Å². The molecule has 0 atom stereocenters. The summed E-state index contributed by atoms with van der Waals surface area (Å²) in [7, 11) is -3.81. The van der Waals surface area contributed by atoms with E-state index in [1.807, 2.05) is 6.07 Å². The summed E-state index contributed by atoms with van der Waals surface area (Å²) in [5.74, 6) is -0.204. The molecule has 9 heteroatoms. The highest BCUT2D eigenvalue weighted by Crippen LogP contribution is 2.25. The zero-order valence-corrected chi connectivity index (χ0v) is 17.4. The molecule has 1 fully saturated rings.